The fourth-order valence-electron chi connectivity index (χ4n) is 1.45. The van der Waals surface area contributed by atoms with Crippen molar-refractivity contribution in [3.05, 3.63) is 29.3 Å². The van der Waals surface area contributed by atoms with Crippen LogP contribution in [0, 0.1) is 6.92 Å². The Bertz CT molecular complexity index is 416. The number of benzene rings is 1. The fourth-order valence-corrected chi connectivity index (χ4v) is 2.70. The molecule has 86 valence electrons. The maximum absolute atomic E-state index is 8.72. The summed E-state index contributed by atoms with van der Waals surface area (Å²) >= 11 is 1.72. The van der Waals surface area contributed by atoms with Crippen LogP contribution in [0.25, 0.3) is 0 Å². The van der Waals surface area contributed by atoms with Gasteiger partial charge in [-0.2, -0.15) is 0 Å². The largest absolute Gasteiger partial charge is 0.409 e. The minimum Gasteiger partial charge on any atom is -0.409 e. The highest BCUT2D eigenvalue weighted by Gasteiger charge is 2.21. The van der Waals surface area contributed by atoms with E-state index in [9.17, 15) is 0 Å². The van der Waals surface area contributed by atoms with Crippen LogP contribution in [0.15, 0.2) is 28.3 Å². The Morgan fingerprint density at radius 1 is 1.56 bits per heavy atom. The van der Waals surface area contributed by atoms with Crippen molar-refractivity contribution in [1.82, 2.24) is 0 Å². The predicted octanol–water partition coefficient (Wildman–Crippen LogP) is 1.58. The van der Waals surface area contributed by atoms with E-state index in [1.54, 1.807) is 11.8 Å². The number of amidine groups is 1. The van der Waals surface area contributed by atoms with Crippen molar-refractivity contribution in [2.75, 3.05) is 13.2 Å². The predicted molar refractivity (Wildman–Crippen MR) is 64.2 cm³/mol. The van der Waals surface area contributed by atoms with Crippen molar-refractivity contribution >= 4 is 17.6 Å². The number of nitrogens with zero attached hydrogens (tertiary/aromatic N) is 1. The van der Waals surface area contributed by atoms with Gasteiger partial charge >= 0.3 is 0 Å². The number of thioether (sulfide) groups is 1. The lowest BCUT2D eigenvalue weighted by atomic mass is 10.1. The second-order valence-electron chi connectivity index (χ2n) is 3.76. The van der Waals surface area contributed by atoms with Gasteiger partial charge in [0.25, 0.3) is 0 Å². The summed E-state index contributed by atoms with van der Waals surface area (Å²) in [5.74, 6) is 0.155. The van der Waals surface area contributed by atoms with Gasteiger partial charge in [-0.25, -0.2) is 0 Å². The van der Waals surface area contributed by atoms with E-state index in [0.717, 1.165) is 29.2 Å². The van der Waals surface area contributed by atoms with Crippen LogP contribution in [-0.4, -0.2) is 29.5 Å². The molecular weight excluding hydrogens is 224 g/mol. The average molecular weight is 238 g/mol. The first kappa shape index (κ1) is 11.3. The Morgan fingerprint density at radius 3 is 2.88 bits per heavy atom. The molecule has 1 aliphatic rings. The van der Waals surface area contributed by atoms with E-state index in [4.69, 9.17) is 15.7 Å². The molecule has 4 nitrogen and oxygen atoms in total. The van der Waals surface area contributed by atoms with Gasteiger partial charge in [-0.15, -0.1) is 11.8 Å². The Balaban J connectivity index is 2.28. The van der Waals surface area contributed by atoms with E-state index in [1.807, 2.05) is 19.1 Å². The van der Waals surface area contributed by atoms with Gasteiger partial charge in [0.1, 0.15) is 0 Å². The second kappa shape index (κ2) is 4.76. The smallest absolute Gasteiger partial charge is 0.171 e. The zero-order valence-corrected chi connectivity index (χ0v) is 9.83. The zero-order valence-electron chi connectivity index (χ0n) is 9.01. The van der Waals surface area contributed by atoms with E-state index in [0.29, 0.717) is 5.25 Å². The van der Waals surface area contributed by atoms with E-state index in [-0.39, 0.29) is 5.84 Å². The average Bonchev–Trinajstić information content (AvgIpc) is 2.22. The third-order valence-electron chi connectivity index (χ3n) is 2.42. The first-order valence-corrected chi connectivity index (χ1v) is 5.91. The minimum atomic E-state index is 0.155. The Hall–Kier alpha value is -1.20. The lowest BCUT2D eigenvalue weighted by Gasteiger charge is -2.26. The van der Waals surface area contributed by atoms with Crippen molar-refractivity contribution in [3.8, 4) is 0 Å². The molecule has 0 radical (unpaired) electrons. The highest BCUT2D eigenvalue weighted by molar-refractivity contribution is 8.00. The Labute approximate surface area is 98.5 Å². The molecular formula is C11H14N2O2S. The number of rotatable bonds is 3. The molecule has 0 amide bonds. The van der Waals surface area contributed by atoms with Gasteiger partial charge in [0.05, 0.1) is 18.5 Å². The number of nitrogens with two attached hydrogens (primary N) is 1. The summed E-state index contributed by atoms with van der Waals surface area (Å²) in [6.45, 7) is 3.57. The molecule has 0 atom stereocenters. The molecule has 3 N–H and O–H groups in total. The first-order valence-electron chi connectivity index (χ1n) is 5.03. The summed E-state index contributed by atoms with van der Waals surface area (Å²) in [6, 6.07) is 5.89. The molecule has 1 aromatic rings. The van der Waals surface area contributed by atoms with Crippen LogP contribution in [0.3, 0.4) is 0 Å². The Morgan fingerprint density at radius 2 is 2.31 bits per heavy atom. The maximum atomic E-state index is 8.72. The van der Waals surface area contributed by atoms with Gasteiger partial charge in [-0.3, -0.25) is 0 Å². The van der Waals surface area contributed by atoms with Crippen LogP contribution in [0.1, 0.15) is 11.1 Å². The van der Waals surface area contributed by atoms with Crippen molar-refractivity contribution in [1.29, 1.82) is 0 Å². The molecule has 1 fully saturated rings. The topological polar surface area (TPSA) is 67.8 Å². The second-order valence-corrected chi connectivity index (χ2v) is 5.10. The third kappa shape index (κ3) is 2.31. The monoisotopic (exact) mass is 238 g/mol. The SMILES string of the molecule is Cc1ccc(C(N)=NO)c(SC2COC2)c1. The first-order chi connectivity index (χ1) is 7.70. The van der Waals surface area contributed by atoms with Crippen LogP contribution in [0.4, 0.5) is 0 Å². The van der Waals surface area contributed by atoms with Crippen LogP contribution in [0.5, 0.6) is 0 Å². The van der Waals surface area contributed by atoms with E-state index < -0.39 is 0 Å². The quantitative estimate of drug-likeness (QED) is 0.363. The lowest BCUT2D eigenvalue weighted by molar-refractivity contribution is 0.0455. The molecule has 1 aliphatic heterocycles. The molecule has 0 aliphatic carbocycles. The van der Waals surface area contributed by atoms with Crippen molar-refractivity contribution < 1.29 is 9.94 Å². The molecule has 16 heavy (non-hydrogen) atoms. The summed E-state index contributed by atoms with van der Waals surface area (Å²) in [4.78, 5) is 1.05. The minimum absolute atomic E-state index is 0.155. The number of ether oxygens (including phenoxy) is 1. The van der Waals surface area contributed by atoms with Crippen LogP contribution < -0.4 is 5.73 Å². The van der Waals surface area contributed by atoms with Crippen LogP contribution >= 0.6 is 11.8 Å². The number of aryl methyl sites for hydroxylation is 1. The fraction of sp³-hybridized carbons (Fsp3) is 0.364. The van der Waals surface area contributed by atoms with Crippen LogP contribution in [-0.2, 0) is 4.74 Å². The Kier molecular flexibility index (Phi) is 3.36. The number of hydrogen-bond acceptors (Lipinski definition) is 4. The molecule has 0 aromatic heterocycles. The summed E-state index contributed by atoms with van der Waals surface area (Å²) in [6.07, 6.45) is 0. The molecule has 0 spiro atoms. The normalized spacial score (nSPS) is 17.2. The van der Waals surface area contributed by atoms with Gasteiger partial charge < -0.3 is 15.7 Å². The maximum Gasteiger partial charge on any atom is 0.171 e. The van der Waals surface area contributed by atoms with Gasteiger partial charge in [-0.1, -0.05) is 11.2 Å². The summed E-state index contributed by atoms with van der Waals surface area (Å²) in [5, 5.41) is 12.2. The molecule has 1 aromatic carbocycles. The zero-order chi connectivity index (χ0) is 11.5. The van der Waals surface area contributed by atoms with Crippen molar-refractivity contribution in [2.24, 2.45) is 10.9 Å². The van der Waals surface area contributed by atoms with Crippen LogP contribution in [0.2, 0.25) is 0 Å². The van der Waals surface area contributed by atoms with E-state index in [2.05, 4.69) is 11.2 Å². The summed E-state index contributed by atoms with van der Waals surface area (Å²) < 4.78 is 5.13. The number of hydrogen-bond donors (Lipinski definition) is 2. The van der Waals surface area contributed by atoms with Gasteiger partial charge in [0, 0.05) is 10.5 Å². The molecule has 0 unspecified atom stereocenters. The van der Waals surface area contributed by atoms with Gasteiger partial charge in [-0.05, 0) is 24.6 Å². The molecule has 0 saturated carbocycles. The third-order valence-corrected chi connectivity index (χ3v) is 3.62. The summed E-state index contributed by atoms with van der Waals surface area (Å²) in [5.41, 5.74) is 7.58. The highest BCUT2D eigenvalue weighted by atomic mass is 32.2. The molecule has 5 heteroatoms. The summed E-state index contributed by atoms with van der Waals surface area (Å²) in [7, 11) is 0. The number of oxime groups is 1. The van der Waals surface area contributed by atoms with Gasteiger partial charge in [0.15, 0.2) is 5.84 Å². The van der Waals surface area contributed by atoms with Crippen molar-refractivity contribution in [2.45, 2.75) is 17.1 Å². The van der Waals surface area contributed by atoms with Gasteiger partial charge in [0.2, 0.25) is 0 Å². The van der Waals surface area contributed by atoms with E-state index in [1.165, 1.54) is 0 Å². The molecule has 1 heterocycles. The lowest BCUT2D eigenvalue weighted by Crippen LogP contribution is -2.30. The molecule has 1 saturated heterocycles. The highest BCUT2D eigenvalue weighted by Crippen LogP contribution is 2.31. The van der Waals surface area contributed by atoms with Crippen molar-refractivity contribution in [3.63, 3.8) is 0 Å². The molecule has 0 bridgehead atoms. The van der Waals surface area contributed by atoms with E-state index >= 15 is 0 Å². The molecule has 2 rings (SSSR count). The standard InChI is InChI=1S/C11H14N2O2S/c1-7-2-3-9(11(12)13-14)10(4-7)16-8-5-15-6-8/h2-4,8,14H,5-6H2,1H3,(H2,12,13).